The van der Waals surface area contributed by atoms with Crippen molar-refractivity contribution in [2.24, 2.45) is 0 Å². The predicted molar refractivity (Wildman–Crippen MR) is 162 cm³/mol. The van der Waals surface area contributed by atoms with Crippen molar-refractivity contribution in [1.82, 2.24) is 24.8 Å². The number of hydrogen-bond acceptors (Lipinski definition) is 10. The largest absolute Gasteiger partial charge is 0.481 e. The van der Waals surface area contributed by atoms with E-state index in [4.69, 9.17) is 5.11 Å². The quantitative estimate of drug-likeness (QED) is 0.199. The van der Waals surface area contributed by atoms with Gasteiger partial charge in [-0.15, -0.1) is 11.3 Å². The fourth-order valence-electron chi connectivity index (χ4n) is 5.96. The Morgan fingerprint density at radius 3 is 2.44 bits per heavy atom. The van der Waals surface area contributed by atoms with Gasteiger partial charge in [-0.25, -0.2) is 14.4 Å². The molecule has 0 spiro atoms. The highest BCUT2D eigenvalue weighted by molar-refractivity contribution is 7.16. The third kappa shape index (κ3) is 7.88. The summed E-state index contributed by atoms with van der Waals surface area (Å²) in [7, 11) is 0. The molecule has 2 aliphatic rings. The zero-order valence-electron chi connectivity index (χ0n) is 25.3. The van der Waals surface area contributed by atoms with E-state index in [2.05, 4.69) is 43.9 Å². The van der Waals surface area contributed by atoms with Crippen LogP contribution in [0.1, 0.15) is 62.4 Å². The number of halogens is 4. The second kappa shape index (κ2) is 13.5. The number of nitrogens with one attached hydrogen (secondary N) is 1. The number of aliphatic carboxylic acids is 1. The number of aliphatic hydroxyl groups excluding tert-OH is 1. The van der Waals surface area contributed by atoms with Crippen molar-refractivity contribution >= 4 is 28.3 Å². The fourth-order valence-corrected chi connectivity index (χ4v) is 6.98. The molecule has 1 unspecified atom stereocenters. The molecule has 15 heteroatoms. The number of carbonyl (C=O) groups is 1. The lowest BCUT2D eigenvalue weighted by Crippen LogP contribution is -2.52. The van der Waals surface area contributed by atoms with Crippen LogP contribution in [0.25, 0.3) is 11.3 Å². The number of nitrogens with zero attached hydrogens (tertiary/aromatic N) is 6. The van der Waals surface area contributed by atoms with Gasteiger partial charge in [0.05, 0.1) is 30.1 Å². The lowest BCUT2D eigenvalue weighted by Gasteiger charge is -2.40. The summed E-state index contributed by atoms with van der Waals surface area (Å²) in [5.74, 6) is -1.22. The van der Waals surface area contributed by atoms with Gasteiger partial charge in [0.15, 0.2) is 11.4 Å². The van der Waals surface area contributed by atoms with Crippen LogP contribution in [0.5, 0.6) is 0 Å². The first kappa shape index (κ1) is 33.0. The summed E-state index contributed by atoms with van der Waals surface area (Å²) < 4.78 is 55.0. The van der Waals surface area contributed by atoms with Crippen LogP contribution in [0.3, 0.4) is 0 Å². The maximum atomic E-state index is 14.4. The minimum Gasteiger partial charge on any atom is -0.481 e. The summed E-state index contributed by atoms with van der Waals surface area (Å²) in [6.07, 6.45) is -0.970. The molecule has 0 saturated carbocycles. The zero-order chi connectivity index (χ0) is 32.5. The Kier molecular flexibility index (Phi) is 9.91. The van der Waals surface area contributed by atoms with Crippen LogP contribution < -0.4 is 10.2 Å². The highest BCUT2D eigenvalue weighted by atomic mass is 32.1. The Hall–Kier alpha value is -3.40. The average Bonchev–Trinajstić information content (AvgIpc) is 3.53. The summed E-state index contributed by atoms with van der Waals surface area (Å²) in [6.45, 7) is 9.09. The molecule has 0 radical (unpaired) electrons. The topological polar surface area (TPSA) is 118 Å². The van der Waals surface area contributed by atoms with Crippen molar-refractivity contribution in [1.29, 1.82) is 0 Å². The first-order valence-electron chi connectivity index (χ1n) is 14.9. The van der Waals surface area contributed by atoms with E-state index < -0.39 is 29.8 Å². The number of hydrogen-bond donors (Lipinski definition) is 3. The number of carboxylic acids is 1. The molecule has 1 aromatic carbocycles. The van der Waals surface area contributed by atoms with Gasteiger partial charge in [0.1, 0.15) is 17.3 Å². The predicted octanol–water partition coefficient (Wildman–Crippen LogP) is 5.22. The highest BCUT2D eigenvalue weighted by Gasteiger charge is 2.33. The molecule has 244 valence electrons. The molecule has 45 heavy (non-hydrogen) atoms. The molecule has 0 amide bonds. The van der Waals surface area contributed by atoms with Gasteiger partial charge in [-0.05, 0) is 51.8 Å². The van der Waals surface area contributed by atoms with Crippen molar-refractivity contribution in [2.75, 3.05) is 36.4 Å². The SMILES string of the molecule is C[C@@H]1CC[C@@H](C)N1Cc1sc(NC(O)c2cnc(N3CCN(CCC(=O)O)[C@@H](C)C3)cn2)nc1-c1cc(F)cc(C(F)(F)F)c1. The van der Waals surface area contributed by atoms with Crippen molar-refractivity contribution in [2.45, 2.75) is 77.1 Å². The number of benzene rings is 1. The number of aromatic nitrogens is 3. The van der Waals surface area contributed by atoms with Crippen LogP contribution in [0.2, 0.25) is 0 Å². The van der Waals surface area contributed by atoms with Gasteiger partial charge >= 0.3 is 12.1 Å². The molecule has 2 aliphatic heterocycles. The summed E-state index contributed by atoms with van der Waals surface area (Å²) in [5, 5.41) is 23.1. The smallest absolute Gasteiger partial charge is 0.416 e. The van der Waals surface area contributed by atoms with Gasteiger partial charge in [-0.3, -0.25) is 19.6 Å². The van der Waals surface area contributed by atoms with Crippen LogP contribution in [-0.4, -0.2) is 85.2 Å². The molecule has 0 aliphatic carbocycles. The molecule has 10 nitrogen and oxygen atoms in total. The standard InChI is InChI=1S/C30H37F4N7O3S/c1-17-4-5-18(2)41(17)16-24-27(20-10-21(30(32,33)34)12-22(31)11-20)37-29(45-24)38-28(44)23-13-36-25(14-35-23)40-9-8-39(19(3)15-40)7-6-26(42)43/h10-14,17-19,28,44H,4-9,15-16H2,1-3H3,(H,37,38)(H,42,43)/t17-,18-,19+,28?/m1/s1. The number of piperazine rings is 1. The number of thiazole rings is 1. The highest BCUT2D eigenvalue weighted by Crippen LogP contribution is 2.39. The minimum atomic E-state index is -4.72. The summed E-state index contributed by atoms with van der Waals surface area (Å²) in [5.41, 5.74) is -0.640. The number of rotatable bonds is 10. The maximum absolute atomic E-state index is 14.4. The Morgan fingerprint density at radius 1 is 1.09 bits per heavy atom. The number of carboxylic acid groups (broad SMARTS) is 1. The molecule has 2 saturated heterocycles. The number of aliphatic hydroxyl groups is 1. The molecule has 4 atom stereocenters. The van der Waals surface area contributed by atoms with E-state index in [1.165, 1.54) is 17.5 Å². The van der Waals surface area contributed by atoms with E-state index in [0.29, 0.717) is 49.5 Å². The van der Waals surface area contributed by atoms with Crippen molar-refractivity contribution in [3.63, 3.8) is 0 Å². The first-order chi connectivity index (χ1) is 21.3. The van der Waals surface area contributed by atoms with Gasteiger partial charge in [0, 0.05) is 61.3 Å². The monoisotopic (exact) mass is 651 g/mol. The second-order valence-corrected chi connectivity index (χ2v) is 12.9. The van der Waals surface area contributed by atoms with Gasteiger partial charge < -0.3 is 20.4 Å². The molecule has 3 aromatic rings. The second-order valence-electron chi connectivity index (χ2n) is 11.8. The molecule has 2 fully saturated rings. The van der Waals surface area contributed by atoms with E-state index in [-0.39, 0.29) is 46.6 Å². The Morgan fingerprint density at radius 2 is 1.82 bits per heavy atom. The van der Waals surface area contributed by atoms with E-state index >= 15 is 0 Å². The summed E-state index contributed by atoms with van der Waals surface area (Å²) >= 11 is 1.19. The van der Waals surface area contributed by atoms with E-state index in [9.17, 15) is 27.5 Å². The fraction of sp³-hybridized carbons (Fsp3) is 0.533. The van der Waals surface area contributed by atoms with Gasteiger partial charge in [0.25, 0.3) is 0 Å². The Labute approximate surface area is 262 Å². The third-order valence-corrected chi connectivity index (χ3v) is 9.53. The van der Waals surface area contributed by atoms with Gasteiger partial charge in [-0.2, -0.15) is 13.2 Å². The molecular weight excluding hydrogens is 614 g/mol. The van der Waals surface area contributed by atoms with Crippen LogP contribution >= 0.6 is 11.3 Å². The van der Waals surface area contributed by atoms with Gasteiger partial charge in [0.2, 0.25) is 0 Å². The van der Waals surface area contributed by atoms with E-state index in [0.717, 1.165) is 25.0 Å². The van der Waals surface area contributed by atoms with Crippen LogP contribution in [-0.2, 0) is 17.5 Å². The minimum absolute atomic E-state index is 0.0112. The summed E-state index contributed by atoms with van der Waals surface area (Å²) in [6, 6.07) is 3.06. The van der Waals surface area contributed by atoms with Gasteiger partial charge in [-0.1, -0.05) is 0 Å². The lowest BCUT2D eigenvalue weighted by molar-refractivity contribution is -0.138. The Bertz CT molecular complexity index is 1480. The van der Waals surface area contributed by atoms with Crippen LogP contribution in [0.15, 0.2) is 30.6 Å². The molecule has 2 aromatic heterocycles. The van der Waals surface area contributed by atoms with Crippen LogP contribution in [0, 0.1) is 5.82 Å². The lowest BCUT2D eigenvalue weighted by atomic mass is 10.1. The molecule has 0 bridgehead atoms. The average molecular weight is 652 g/mol. The van der Waals surface area contributed by atoms with Crippen molar-refractivity contribution < 1.29 is 32.6 Å². The molecular formula is C30H37F4N7O3S. The molecule has 3 N–H and O–H groups in total. The van der Waals surface area contributed by atoms with Crippen LogP contribution in [0.4, 0.5) is 28.5 Å². The third-order valence-electron chi connectivity index (χ3n) is 8.56. The number of likely N-dealkylation sites (tertiary alicyclic amines) is 1. The Balaban J connectivity index is 1.33. The number of anilines is 2. The number of alkyl halides is 3. The van der Waals surface area contributed by atoms with Crippen molar-refractivity contribution in [3.05, 3.63) is 52.5 Å². The summed E-state index contributed by atoms with van der Waals surface area (Å²) in [4.78, 5) is 31.4. The molecule has 5 rings (SSSR count). The van der Waals surface area contributed by atoms with E-state index in [1.807, 2.05) is 11.8 Å². The first-order valence-corrected chi connectivity index (χ1v) is 15.7. The van der Waals surface area contributed by atoms with Crippen molar-refractivity contribution in [3.8, 4) is 11.3 Å². The maximum Gasteiger partial charge on any atom is 0.416 e. The normalized spacial score (nSPS) is 22.1. The van der Waals surface area contributed by atoms with E-state index in [1.54, 1.807) is 6.20 Å². The molecule has 4 heterocycles. The zero-order valence-corrected chi connectivity index (χ0v) is 26.1.